The van der Waals surface area contributed by atoms with E-state index in [4.69, 9.17) is 0 Å². The van der Waals surface area contributed by atoms with Gasteiger partial charge in [0.15, 0.2) is 11.6 Å². The molecule has 1 aromatic rings. The van der Waals surface area contributed by atoms with Crippen molar-refractivity contribution in [3.63, 3.8) is 0 Å². The Hall–Kier alpha value is -0.810. The zero-order chi connectivity index (χ0) is 9.30. The first-order chi connectivity index (χ1) is 5.54. The lowest BCUT2D eigenvalue weighted by atomic mass is 10.2. The molecule has 0 aliphatic rings. The van der Waals surface area contributed by atoms with Crippen LogP contribution in [0.5, 0.6) is 0 Å². The third kappa shape index (κ3) is 1.51. The molecule has 1 rings (SSSR count). The van der Waals surface area contributed by atoms with Gasteiger partial charge in [-0.1, -0.05) is 0 Å². The number of hydrogen-bond donors (Lipinski definition) is 0. The van der Waals surface area contributed by atoms with Crippen LogP contribution in [0, 0.1) is 18.6 Å². The van der Waals surface area contributed by atoms with Gasteiger partial charge in [0, 0.05) is 10.5 Å². The van der Waals surface area contributed by atoms with Gasteiger partial charge in [-0.05, 0) is 30.1 Å². The monoisotopic (exact) mass is 191 g/mol. The van der Waals surface area contributed by atoms with Crippen molar-refractivity contribution in [3.05, 3.63) is 29.3 Å². The highest BCUT2D eigenvalue weighted by Gasteiger charge is 2.08. The normalized spacial score (nSPS) is 13.0. The smallest absolute Gasteiger partial charge is 0.162 e. The molecule has 0 N–H and O–H groups in total. The van der Waals surface area contributed by atoms with Crippen LogP contribution in [0.3, 0.4) is 0 Å². The molecule has 12 heavy (non-hydrogen) atoms. The predicted molar refractivity (Wildman–Crippen MR) is 38.3 cm³/mol. The average molecular weight is 191 g/mol. The summed E-state index contributed by atoms with van der Waals surface area (Å²) < 4.78 is 45.9. The number of rotatable bonds is 1. The van der Waals surface area contributed by atoms with E-state index < -0.39 is 22.7 Å². The maximum absolute atomic E-state index is 12.7. The highest BCUT2D eigenvalue weighted by molar-refractivity contribution is 7.79. The van der Waals surface area contributed by atoms with E-state index in [1.807, 2.05) is 0 Å². The predicted octanol–water partition coefficient (Wildman–Crippen LogP) is 1.51. The van der Waals surface area contributed by atoms with Gasteiger partial charge in [0.25, 0.3) is 0 Å². The van der Waals surface area contributed by atoms with Crippen molar-refractivity contribution in [2.75, 3.05) is 0 Å². The summed E-state index contributed by atoms with van der Waals surface area (Å²) in [5.41, 5.74) is -0.191. The van der Waals surface area contributed by atoms with Gasteiger partial charge in [-0.2, -0.15) is 0 Å². The van der Waals surface area contributed by atoms with Crippen LogP contribution >= 0.6 is 0 Å². The highest BCUT2D eigenvalue weighted by Crippen LogP contribution is 2.17. The first-order valence-corrected chi connectivity index (χ1v) is 4.15. The molecule has 0 radical (unpaired) electrons. The zero-order valence-corrected chi connectivity index (χ0v) is 6.95. The van der Waals surface area contributed by atoms with Crippen LogP contribution in [0.25, 0.3) is 0 Å². The summed E-state index contributed by atoms with van der Waals surface area (Å²) in [6.07, 6.45) is 0. The topological polar surface area (TPSA) is 40.1 Å². The third-order valence-electron chi connectivity index (χ3n) is 1.47. The first kappa shape index (κ1) is 9.28. The molecule has 0 aliphatic heterocycles. The Labute approximate surface area is 70.5 Å². The van der Waals surface area contributed by atoms with Crippen LogP contribution in [0.15, 0.2) is 17.0 Å². The molecule has 1 aromatic carbocycles. The Balaban J connectivity index is 3.36. The molecule has 1 unspecified atom stereocenters. The van der Waals surface area contributed by atoms with Gasteiger partial charge >= 0.3 is 0 Å². The van der Waals surface area contributed by atoms with Crippen molar-refractivity contribution in [3.8, 4) is 0 Å². The van der Waals surface area contributed by atoms with Gasteiger partial charge in [0.2, 0.25) is 0 Å². The molecule has 0 fully saturated rings. The van der Waals surface area contributed by atoms with Gasteiger partial charge in [0.1, 0.15) is 0 Å². The van der Waals surface area contributed by atoms with E-state index >= 15 is 0 Å². The number of benzene rings is 1. The lowest BCUT2D eigenvalue weighted by Crippen LogP contribution is -1.98. The summed E-state index contributed by atoms with van der Waals surface area (Å²) in [5, 5.41) is 0. The van der Waals surface area contributed by atoms with Crippen LogP contribution in [-0.4, -0.2) is 8.76 Å². The van der Waals surface area contributed by atoms with Crippen molar-refractivity contribution >= 4 is 11.1 Å². The first-order valence-electron chi connectivity index (χ1n) is 3.08. The molecule has 66 valence electrons. The molecule has 0 aliphatic carbocycles. The van der Waals surface area contributed by atoms with Crippen LogP contribution < -0.4 is 0 Å². The van der Waals surface area contributed by atoms with Crippen molar-refractivity contribution < 1.29 is 17.5 Å². The Bertz CT molecular complexity index is 338. The van der Waals surface area contributed by atoms with Gasteiger partial charge in [-0.15, -0.1) is 0 Å². The summed E-state index contributed by atoms with van der Waals surface area (Å²) in [6, 6.07) is 1.81. The van der Waals surface area contributed by atoms with Crippen LogP contribution in [0.4, 0.5) is 8.78 Å². The average Bonchev–Trinajstić information content (AvgIpc) is 2.00. The molecule has 0 saturated carbocycles. The van der Waals surface area contributed by atoms with E-state index in [2.05, 4.69) is 0 Å². The van der Waals surface area contributed by atoms with Gasteiger partial charge < -0.3 is 4.55 Å². The molecule has 0 saturated heterocycles. The second-order valence-corrected chi connectivity index (χ2v) is 3.13. The molecule has 0 heterocycles. The fraction of sp³-hybridized carbons (Fsp3) is 0.143. The lowest BCUT2D eigenvalue weighted by molar-refractivity contribution is 0.495. The molecule has 0 amide bonds. The Morgan fingerprint density at radius 3 is 2.50 bits per heavy atom. The molecule has 0 aromatic heterocycles. The molecule has 1 atom stereocenters. The Morgan fingerprint density at radius 2 is 2.00 bits per heavy atom. The fourth-order valence-electron chi connectivity index (χ4n) is 0.815. The molecule has 5 heteroatoms. The Kier molecular flexibility index (Phi) is 2.54. The number of halogens is 2. The molecule has 0 bridgehead atoms. The van der Waals surface area contributed by atoms with E-state index in [1.54, 1.807) is 0 Å². The summed E-state index contributed by atoms with van der Waals surface area (Å²) in [6.45, 7) is 1.21. The lowest BCUT2D eigenvalue weighted by Gasteiger charge is -2.09. The quantitative estimate of drug-likeness (QED) is 0.631. The van der Waals surface area contributed by atoms with E-state index in [9.17, 15) is 17.5 Å². The van der Waals surface area contributed by atoms with Crippen molar-refractivity contribution in [2.24, 2.45) is 0 Å². The SMILES string of the molecule is Cc1c(S(=O)[O-])ccc(F)c1F. The van der Waals surface area contributed by atoms with Gasteiger partial charge in [0.05, 0.1) is 0 Å². The van der Waals surface area contributed by atoms with Crippen molar-refractivity contribution in [1.82, 2.24) is 0 Å². The van der Waals surface area contributed by atoms with E-state index in [0.717, 1.165) is 12.1 Å². The van der Waals surface area contributed by atoms with Gasteiger partial charge in [-0.25, -0.2) is 8.78 Å². The van der Waals surface area contributed by atoms with Crippen molar-refractivity contribution in [1.29, 1.82) is 0 Å². The minimum atomic E-state index is -2.52. The number of hydrogen-bond acceptors (Lipinski definition) is 2. The van der Waals surface area contributed by atoms with Gasteiger partial charge in [-0.3, -0.25) is 4.21 Å². The second kappa shape index (κ2) is 3.28. The maximum atomic E-state index is 12.7. The summed E-state index contributed by atoms with van der Waals surface area (Å²) in [5.74, 6) is -2.15. The third-order valence-corrected chi connectivity index (χ3v) is 2.27. The van der Waals surface area contributed by atoms with E-state index in [0.29, 0.717) is 0 Å². The summed E-state index contributed by atoms with van der Waals surface area (Å²) in [4.78, 5) is -0.214. The highest BCUT2D eigenvalue weighted by atomic mass is 32.2. The minimum Gasteiger partial charge on any atom is -0.768 e. The van der Waals surface area contributed by atoms with Crippen molar-refractivity contribution in [2.45, 2.75) is 11.8 Å². The summed E-state index contributed by atoms with van der Waals surface area (Å²) in [7, 11) is 0. The largest absolute Gasteiger partial charge is 0.768 e. The van der Waals surface area contributed by atoms with Crippen LogP contribution in [-0.2, 0) is 11.1 Å². The Morgan fingerprint density at radius 1 is 1.42 bits per heavy atom. The molecular formula is C7H5F2O2S-. The molecular weight excluding hydrogens is 186 g/mol. The minimum absolute atomic E-state index is 0.191. The van der Waals surface area contributed by atoms with E-state index in [-0.39, 0.29) is 10.5 Å². The summed E-state index contributed by atoms with van der Waals surface area (Å²) >= 11 is -2.52. The molecule has 2 nitrogen and oxygen atoms in total. The second-order valence-electron chi connectivity index (χ2n) is 2.22. The zero-order valence-electron chi connectivity index (χ0n) is 6.14. The standard InChI is InChI=1S/C7H6F2O2S/c1-4-6(12(10)11)3-2-5(8)7(4)9/h2-3H,1H3,(H,10,11)/p-1. The van der Waals surface area contributed by atoms with E-state index in [1.165, 1.54) is 6.92 Å². The van der Waals surface area contributed by atoms with Crippen LogP contribution in [0.2, 0.25) is 0 Å². The maximum Gasteiger partial charge on any atom is 0.162 e. The fourth-order valence-corrected chi connectivity index (χ4v) is 1.33. The molecule has 0 spiro atoms. The van der Waals surface area contributed by atoms with Crippen LogP contribution in [0.1, 0.15) is 5.56 Å².